The summed E-state index contributed by atoms with van der Waals surface area (Å²) in [5.74, 6) is 1.95. The summed E-state index contributed by atoms with van der Waals surface area (Å²) in [6, 6.07) is 1.91. The summed E-state index contributed by atoms with van der Waals surface area (Å²) in [6.45, 7) is 0.380. The third-order valence-corrected chi connectivity index (χ3v) is 3.86. The molecule has 0 radical (unpaired) electrons. The van der Waals surface area contributed by atoms with Gasteiger partial charge in [0.05, 0.1) is 6.54 Å². The maximum Gasteiger partial charge on any atom is 0.251 e. The number of aliphatic hydroxyl groups excluding tert-OH is 1. The first-order valence-electron chi connectivity index (χ1n) is 6.49. The summed E-state index contributed by atoms with van der Waals surface area (Å²) in [4.78, 5) is 13.4. The Morgan fingerprint density at radius 1 is 1.68 bits per heavy atom. The van der Waals surface area contributed by atoms with E-state index in [1.165, 1.54) is 4.90 Å². The molecular formula is C13H20N2O3S. The number of nitrogens with zero attached hydrogens (tertiary/aromatic N) is 2. The Labute approximate surface area is 117 Å². The van der Waals surface area contributed by atoms with Crippen LogP contribution in [0.5, 0.6) is 0 Å². The molecule has 0 bridgehead atoms. The number of carbonyl (C=O) groups is 1. The Bertz CT molecular complexity index is 431. The summed E-state index contributed by atoms with van der Waals surface area (Å²) < 4.78 is 5.24. The highest BCUT2D eigenvalue weighted by atomic mass is 32.2. The van der Waals surface area contributed by atoms with Crippen LogP contribution in [-0.2, 0) is 11.3 Å². The van der Waals surface area contributed by atoms with Gasteiger partial charge in [-0.15, -0.1) is 0 Å². The van der Waals surface area contributed by atoms with E-state index in [0.29, 0.717) is 18.9 Å². The fourth-order valence-corrected chi connectivity index (χ4v) is 2.35. The molecule has 0 aromatic carbocycles. The minimum atomic E-state index is -0.924. The van der Waals surface area contributed by atoms with Crippen LogP contribution in [-0.4, -0.2) is 46.2 Å². The van der Waals surface area contributed by atoms with Crippen LogP contribution in [0.25, 0.3) is 0 Å². The highest BCUT2D eigenvalue weighted by Crippen LogP contribution is 2.40. The highest BCUT2D eigenvalue weighted by Gasteiger charge is 2.28. The maximum atomic E-state index is 11.9. The van der Waals surface area contributed by atoms with Gasteiger partial charge in [0.1, 0.15) is 17.6 Å². The first kappa shape index (κ1) is 14.4. The summed E-state index contributed by atoms with van der Waals surface area (Å²) in [5, 5.41) is 13.7. The van der Waals surface area contributed by atoms with Crippen LogP contribution in [0, 0.1) is 0 Å². The molecule has 1 aromatic rings. The quantitative estimate of drug-likeness (QED) is 0.824. The van der Waals surface area contributed by atoms with Crippen LogP contribution in [0.4, 0.5) is 0 Å². The number of carbonyl (C=O) groups excluding carboxylic acids is 1. The number of amides is 1. The van der Waals surface area contributed by atoms with Crippen molar-refractivity contribution in [3.8, 4) is 0 Å². The molecule has 1 saturated carbocycles. The van der Waals surface area contributed by atoms with Gasteiger partial charge in [-0.25, -0.2) is 0 Å². The van der Waals surface area contributed by atoms with E-state index in [9.17, 15) is 9.90 Å². The van der Waals surface area contributed by atoms with E-state index in [-0.39, 0.29) is 5.91 Å². The maximum absolute atomic E-state index is 11.9. The minimum absolute atomic E-state index is 0.259. The first-order valence-corrected chi connectivity index (χ1v) is 7.88. The molecule has 1 heterocycles. The van der Waals surface area contributed by atoms with E-state index in [1.54, 1.807) is 18.8 Å². The molecule has 1 aliphatic carbocycles. The summed E-state index contributed by atoms with van der Waals surface area (Å²) in [6.07, 6.45) is 3.84. The third-order valence-electron chi connectivity index (χ3n) is 3.21. The molecule has 19 heavy (non-hydrogen) atoms. The van der Waals surface area contributed by atoms with Crippen molar-refractivity contribution in [1.82, 2.24) is 10.1 Å². The molecule has 1 aliphatic rings. The lowest BCUT2D eigenvalue weighted by Gasteiger charge is -2.19. The van der Waals surface area contributed by atoms with E-state index in [2.05, 4.69) is 5.16 Å². The molecule has 6 heteroatoms. The molecule has 1 atom stereocenters. The first-order chi connectivity index (χ1) is 9.11. The van der Waals surface area contributed by atoms with E-state index in [4.69, 9.17) is 4.52 Å². The predicted octanol–water partition coefficient (Wildman–Crippen LogP) is 1.62. The van der Waals surface area contributed by atoms with E-state index in [0.717, 1.165) is 30.0 Å². The topological polar surface area (TPSA) is 66.6 Å². The van der Waals surface area contributed by atoms with Crippen molar-refractivity contribution < 1.29 is 14.4 Å². The molecule has 1 fully saturated rings. The van der Waals surface area contributed by atoms with Crippen LogP contribution in [0.2, 0.25) is 0 Å². The lowest BCUT2D eigenvalue weighted by Crippen LogP contribution is -2.36. The number of likely N-dealkylation sites (N-methyl/N-ethyl adjacent to an activating group) is 1. The molecule has 0 spiro atoms. The van der Waals surface area contributed by atoms with Crippen LogP contribution in [0.15, 0.2) is 10.6 Å². The van der Waals surface area contributed by atoms with Gasteiger partial charge in [-0.05, 0) is 31.3 Å². The summed E-state index contributed by atoms with van der Waals surface area (Å²) in [7, 11) is 1.68. The smallest absolute Gasteiger partial charge is 0.251 e. The van der Waals surface area contributed by atoms with Gasteiger partial charge in [0, 0.05) is 19.0 Å². The molecule has 2 rings (SSSR count). The molecule has 0 aliphatic heterocycles. The second kappa shape index (κ2) is 6.43. The Hall–Kier alpha value is -1.01. The van der Waals surface area contributed by atoms with Crippen LogP contribution in [0.3, 0.4) is 0 Å². The average molecular weight is 284 g/mol. The number of rotatable bonds is 7. The van der Waals surface area contributed by atoms with Crippen molar-refractivity contribution >= 4 is 17.7 Å². The van der Waals surface area contributed by atoms with E-state index >= 15 is 0 Å². The standard InChI is InChI=1S/C13H20N2O3S/c1-15(13(17)11(16)5-6-19-2)8-10-7-12(18-14-10)9-3-4-9/h7,9,11,16H,3-6,8H2,1-2H3/t11-/m1/s1. The fraction of sp³-hybridized carbons (Fsp3) is 0.692. The molecule has 106 valence electrons. The third kappa shape index (κ3) is 3.98. The van der Waals surface area contributed by atoms with Gasteiger partial charge in [0.15, 0.2) is 0 Å². The predicted molar refractivity (Wildman–Crippen MR) is 74.0 cm³/mol. The summed E-state index contributed by atoms with van der Waals surface area (Å²) in [5.41, 5.74) is 0.745. The van der Waals surface area contributed by atoms with Gasteiger partial charge < -0.3 is 14.5 Å². The SMILES string of the molecule is CSCC[C@@H](O)C(=O)N(C)Cc1cc(C2CC2)on1. The Morgan fingerprint density at radius 2 is 2.42 bits per heavy atom. The molecular weight excluding hydrogens is 264 g/mol. The Balaban J connectivity index is 1.84. The van der Waals surface area contributed by atoms with Crippen molar-refractivity contribution in [1.29, 1.82) is 0 Å². The largest absolute Gasteiger partial charge is 0.383 e. The van der Waals surface area contributed by atoms with E-state index in [1.807, 2.05) is 12.3 Å². The highest BCUT2D eigenvalue weighted by molar-refractivity contribution is 7.98. The second-order valence-electron chi connectivity index (χ2n) is 4.99. The molecule has 0 saturated heterocycles. The van der Waals surface area contributed by atoms with Gasteiger partial charge in [-0.3, -0.25) is 4.79 Å². The fourth-order valence-electron chi connectivity index (χ4n) is 1.89. The zero-order valence-electron chi connectivity index (χ0n) is 11.3. The van der Waals surface area contributed by atoms with Gasteiger partial charge >= 0.3 is 0 Å². The Kier molecular flexibility index (Phi) is 4.87. The van der Waals surface area contributed by atoms with Crippen molar-refractivity contribution in [2.75, 3.05) is 19.1 Å². The average Bonchev–Trinajstić information content (AvgIpc) is 3.16. The zero-order chi connectivity index (χ0) is 13.8. The number of hydrogen-bond acceptors (Lipinski definition) is 5. The van der Waals surface area contributed by atoms with Crippen molar-refractivity contribution in [3.63, 3.8) is 0 Å². The molecule has 1 aromatic heterocycles. The number of hydrogen-bond donors (Lipinski definition) is 1. The van der Waals surface area contributed by atoms with Crippen molar-refractivity contribution in [2.24, 2.45) is 0 Å². The molecule has 5 nitrogen and oxygen atoms in total. The zero-order valence-corrected chi connectivity index (χ0v) is 12.2. The normalized spacial score (nSPS) is 16.4. The van der Waals surface area contributed by atoms with Crippen LogP contribution >= 0.6 is 11.8 Å². The van der Waals surface area contributed by atoms with Gasteiger partial charge in [0.2, 0.25) is 0 Å². The summed E-state index contributed by atoms with van der Waals surface area (Å²) >= 11 is 1.62. The van der Waals surface area contributed by atoms with Crippen LogP contribution < -0.4 is 0 Å². The van der Waals surface area contributed by atoms with Crippen molar-refractivity contribution in [3.05, 3.63) is 17.5 Å². The molecule has 0 unspecified atom stereocenters. The number of thioether (sulfide) groups is 1. The number of aliphatic hydroxyl groups is 1. The van der Waals surface area contributed by atoms with Gasteiger partial charge in [-0.2, -0.15) is 11.8 Å². The van der Waals surface area contributed by atoms with Crippen LogP contribution in [0.1, 0.15) is 36.6 Å². The van der Waals surface area contributed by atoms with Crippen molar-refractivity contribution in [2.45, 2.75) is 37.8 Å². The molecule has 1 N–H and O–H groups in total. The lowest BCUT2D eigenvalue weighted by molar-refractivity contribution is -0.139. The molecule has 1 amide bonds. The second-order valence-corrected chi connectivity index (χ2v) is 5.97. The van der Waals surface area contributed by atoms with Gasteiger partial charge in [0.25, 0.3) is 5.91 Å². The van der Waals surface area contributed by atoms with E-state index < -0.39 is 6.10 Å². The lowest BCUT2D eigenvalue weighted by atomic mass is 10.2. The Morgan fingerprint density at radius 3 is 3.05 bits per heavy atom. The minimum Gasteiger partial charge on any atom is -0.383 e. The number of aromatic nitrogens is 1. The monoisotopic (exact) mass is 284 g/mol. The van der Waals surface area contributed by atoms with Gasteiger partial charge in [-0.1, -0.05) is 5.16 Å².